The molecule has 0 spiro atoms. The Bertz CT molecular complexity index is 336. The van der Waals surface area contributed by atoms with E-state index in [1.54, 1.807) is 6.07 Å². The fraction of sp³-hybridized carbons (Fsp3) is 0.300. The number of rotatable bonds is 4. The maximum absolute atomic E-state index is 10.6. The highest BCUT2D eigenvalue weighted by Gasteiger charge is 2.08. The van der Waals surface area contributed by atoms with Gasteiger partial charge in [0.05, 0.1) is 0 Å². The normalized spacial score (nSPS) is 10.1. The van der Waals surface area contributed by atoms with E-state index in [-0.39, 0.29) is 11.3 Å². The van der Waals surface area contributed by atoms with Crippen molar-refractivity contribution >= 4 is 5.97 Å². The van der Waals surface area contributed by atoms with Crippen molar-refractivity contribution in [3.05, 3.63) is 29.3 Å². The molecular weight excluding hydrogens is 182 g/mol. The van der Waals surface area contributed by atoms with E-state index in [9.17, 15) is 9.90 Å². The van der Waals surface area contributed by atoms with Gasteiger partial charge in [0.25, 0.3) is 0 Å². The summed E-state index contributed by atoms with van der Waals surface area (Å²) in [4.78, 5) is 10.6. The third-order valence-electron chi connectivity index (χ3n) is 1.96. The summed E-state index contributed by atoms with van der Waals surface area (Å²) in [6.45, 7) is 0.585. The molecule has 76 valence electrons. The maximum atomic E-state index is 10.6. The van der Waals surface area contributed by atoms with Gasteiger partial charge in [-0.1, -0.05) is 6.07 Å². The average Bonchev–Trinajstić information content (AvgIpc) is 2.14. The zero-order chi connectivity index (χ0) is 10.6. The minimum absolute atomic E-state index is 0.0681. The van der Waals surface area contributed by atoms with Crippen molar-refractivity contribution < 1.29 is 15.0 Å². The van der Waals surface area contributed by atoms with Crippen LogP contribution in [0.15, 0.2) is 18.2 Å². The van der Waals surface area contributed by atoms with Gasteiger partial charge in [0.2, 0.25) is 0 Å². The van der Waals surface area contributed by atoms with Crippen LogP contribution < -0.4 is 5.73 Å². The number of nitrogens with two attached hydrogens (primary N) is 1. The van der Waals surface area contributed by atoms with Gasteiger partial charge in [-0.15, -0.1) is 0 Å². The Morgan fingerprint density at radius 3 is 2.64 bits per heavy atom. The number of carboxylic acid groups (broad SMARTS) is 1. The molecule has 4 nitrogen and oxygen atoms in total. The van der Waals surface area contributed by atoms with Gasteiger partial charge < -0.3 is 15.9 Å². The summed E-state index contributed by atoms with van der Waals surface area (Å²) in [6.07, 6.45) is 1.58. The number of benzene rings is 1. The Morgan fingerprint density at radius 1 is 1.43 bits per heavy atom. The highest BCUT2D eigenvalue weighted by Crippen LogP contribution is 2.19. The lowest BCUT2D eigenvalue weighted by Crippen LogP contribution is -2.01. The molecule has 0 unspecified atom stereocenters. The minimum atomic E-state index is -1.12. The molecule has 0 aliphatic carbocycles. The number of hydrogen-bond acceptors (Lipinski definition) is 3. The van der Waals surface area contributed by atoms with Crippen LogP contribution in [0.25, 0.3) is 0 Å². The van der Waals surface area contributed by atoms with Crippen LogP contribution >= 0.6 is 0 Å². The highest BCUT2D eigenvalue weighted by molar-refractivity contribution is 5.90. The summed E-state index contributed by atoms with van der Waals surface area (Å²) in [5.41, 5.74) is 6.17. The SMILES string of the molecule is NCCCc1ccc(C(=O)O)c(O)c1. The number of hydrogen-bond donors (Lipinski definition) is 3. The summed E-state index contributed by atoms with van der Waals surface area (Å²) in [5.74, 6) is -1.31. The zero-order valence-electron chi connectivity index (χ0n) is 7.73. The quantitative estimate of drug-likeness (QED) is 0.668. The van der Waals surface area contributed by atoms with Gasteiger partial charge in [-0.2, -0.15) is 0 Å². The molecule has 14 heavy (non-hydrogen) atoms. The maximum Gasteiger partial charge on any atom is 0.339 e. The molecule has 0 aliphatic heterocycles. The van der Waals surface area contributed by atoms with E-state index >= 15 is 0 Å². The first-order valence-corrected chi connectivity index (χ1v) is 4.40. The summed E-state index contributed by atoms with van der Waals surface area (Å²) < 4.78 is 0. The number of carbonyl (C=O) groups is 1. The summed E-state index contributed by atoms with van der Waals surface area (Å²) in [6, 6.07) is 4.57. The third kappa shape index (κ3) is 2.47. The van der Waals surface area contributed by atoms with Gasteiger partial charge in [0, 0.05) is 0 Å². The number of aromatic carboxylic acids is 1. The first kappa shape index (κ1) is 10.5. The molecule has 0 aliphatic rings. The second kappa shape index (κ2) is 4.62. The molecule has 0 aromatic heterocycles. The van der Waals surface area contributed by atoms with Gasteiger partial charge in [0.1, 0.15) is 11.3 Å². The number of aryl methyl sites for hydroxylation is 1. The number of carboxylic acids is 1. The van der Waals surface area contributed by atoms with Gasteiger partial charge in [-0.3, -0.25) is 0 Å². The molecule has 0 fully saturated rings. The molecule has 1 rings (SSSR count). The van der Waals surface area contributed by atoms with Crippen LogP contribution in [0.3, 0.4) is 0 Å². The molecule has 0 heterocycles. The molecular formula is C10H13NO3. The fourth-order valence-electron chi connectivity index (χ4n) is 1.22. The standard InChI is InChI=1S/C10H13NO3/c11-5-1-2-7-3-4-8(10(13)14)9(12)6-7/h3-4,6,12H,1-2,5,11H2,(H,13,14). The van der Waals surface area contributed by atoms with Crippen molar-refractivity contribution in [1.29, 1.82) is 0 Å². The lowest BCUT2D eigenvalue weighted by atomic mass is 10.1. The number of phenols is 1. The first-order valence-electron chi connectivity index (χ1n) is 4.40. The average molecular weight is 195 g/mol. The van der Waals surface area contributed by atoms with E-state index in [2.05, 4.69) is 0 Å². The molecule has 1 aromatic rings. The van der Waals surface area contributed by atoms with E-state index < -0.39 is 5.97 Å². The summed E-state index contributed by atoms with van der Waals surface area (Å²) in [7, 11) is 0. The monoisotopic (exact) mass is 195 g/mol. The van der Waals surface area contributed by atoms with E-state index in [0.717, 1.165) is 18.4 Å². The Balaban J connectivity index is 2.83. The van der Waals surface area contributed by atoms with Crippen LogP contribution in [0.1, 0.15) is 22.3 Å². The van der Waals surface area contributed by atoms with Crippen molar-refractivity contribution in [2.45, 2.75) is 12.8 Å². The predicted molar refractivity (Wildman–Crippen MR) is 52.4 cm³/mol. The van der Waals surface area contributed by atoms with Crippen LogP contribution in [0.5, 0.6) is 5.75 Å². The molecule has 0 atom stereocenters. The molecule has 0 saturated heterocycles. The van der Waals surface area contributed by atoms with E-state index in [0.29, 0.717) is 6.54 Å². The molecule has 0 bridgehead atoms. The smallest absolute Gasteiger partial charge is 0.339 e. The summed E-state index contributed by atoms with van der Waals surface area (Å²) >= 11 is 0. The minimum Gasteiger partial charge on any atom is -0.507 e. The van der Waals surface area contributed by atoms with E-state index in [4.69, 9.17) is 10.8 Å². The van der Waals surface area contributed by atoms with Gasteiger partial charge in [-0.05, 0) is 37.1 Å². The van der Waals surface area contributed by atoms with Crippen molar-refractivity contribution in [2.24, 2.45) is 5.73 Å². The Hall–Kier alpha value is -1.55. The van der Waals surface area contributed by atoms with Crippen LogP contribution in [0, 0.1) is 0 Å². The van der Waals surface area contributed by atoms with Crippen LogP contribution in [0.2, 0.25) is 0 Å². The van der Waals surface area contributed by atoms with Crippen LogP contribution in [0.4, 0.5) is 0 Å². The molecule has 0 amide bonds. The van der Waals surface area contributed by atoms with Gasteiger partial charge in [0.15, 0.2) is 0 Å². The molecule has 0 saturated carbocycles. The van der Waals surface area contributed by atoms with Crippen LogP contribution in [-0.4, -0.2) is 22.7 Å². The van der Waals surface area contributed by atoms with Gasteiger partial charge in [-0.25, -0.2) is 4.79 Å². The van der Waals surface area contributed by atoms with Crippen molar-refractivity contribution in [3.63, 3.8) is 0 Å². The van der Waals surface area contributed by atoms with Gasteiger partial charge >= 0.3 is 5.97 Å². The van der Waals surface area contributed by atoms with Crippen molar-refractivity contribution in [2.75, 3.05) is 6.54 Å². The van der Waals surface area contributed by atoms with Crippen molar-refractivity contribution in [1.82, 2.24) is 0 Å². The number of aromatic hydroxyl groups is 1. The lowest BCUT2D eigenvalue weighted by Gasteiger charge is -2.03. The van der Waals surface area contributed by atoms with E-state index in [1.165, 1.54) is 12.1 Å². The van der Waals surface area contributed by atoms with E-state index in [1.807, 2.05) is 0 Å². The van der Waals surface area contributed by atoms with Crippen LogP contribution in [-0.2, 0) is 6.42 Å². The Morgan fingerprint density at radius 2 is 2.14 bits per heavy atom. The lowest BCUT2D eigenvalue weighted by molar-refractivity contribution is 0.0693. The largest absolute Gasteiger partial charge is 0.507 e. The fourth-order valence-corrected chi connectivity index (χ4v) is 1.22. The highest BCUT2D eigenvalue weighted by atomic mass is 16.4. The molecule has 4 heteroatoms. The topological polar surface area (TPSA) is 83.6 Å². The van der Waals surface area contributed by atoms with Crippen molar-refractivity contribution in [3.8, 4) is 5.75 Å². The Kier molecular flexibility index (Phi) is 3.48. The third-order valence-corrected chi connectivity index (χ3v) is 1.96. The predicted octanol–water partition coefficient (Wildman–Crippen LogP) is 0.982. The Labute approximate surface area is 82.0 Å². The first-order chi connectivity index (χ1) is 6.65. The molecule has 0 radical (unpaired) electrons. The summed E-state index contributed by atoms with van der Waals surface area (Å²) in [5, 5.41) is 18.0. The molecule has 4 N–H and O–H groups in total. The molecule has 1 aromatic carbocycles. The second-order valence-corrected chi connectivity index (χ2v) is 3.05. The zero-order valence-corrected chi connectivity index (χ0v) is 7.73. The second-order valence-electron chi connectivity index (χ2n) is 3.05.